The summed E-state index contributed by atoms with van der Waals surface area (Å²) in [7, 11) is 1.36. The van der Waals surface area contributed by atoms with Crippen molar-refractivity contribution < 1.29 is 13.9 Å². The first-order chi connectivity index (χ1) is 9.20. The van der Waals surface area contributed by atoms with Gasteiger partial charge in [-0.3, -0.25) is 4.40 Å². The van der Waals surface area contributed by atoms with Crippen LogP contribution in [0, 0.1) is 6.92 Å². The average molecular weight is 256 g/mol. The number of fused-ring (bicyclic) bond motifs is 1. The Morgan fingerprint density at radius 1 is 1.37 bits per heavy atom. The van der Waals surface area contributed by atoms with E-state index in [1.54, 1.807) is 18.3 Å². The van der Waals surface area contributed by atoms with Crippen molar-refractivity contribution in [3.8, 4) is 11.6 Å². The van der Waals surface area contributed by atoms with E-state index in [0.29, 0.717) is 22.7 Å². The molecular weight excluding hydrogens is 244 g/mol. The number of nitrogens with zero attached hydrogens (tertiary/aromatic N) is 2. The smallest absolute Gasteiger partial charge is 0.340 e. The second-order valence-corrected chi connectivity index (χ2v) is 4.16. The van der Waals surface area contributed by atoms with Crippen molar-refractivity contribution in [3.05, 3.63) is 48.0 Å². The van der Waals surface area contributed by atoms with Crippen LogP contribution in [0.3, 0.4) is 0 Å². The molecule has 0 aromatic carbocycles. The summed E-state index contributed by atoms with van der Waals surface area (Å²) in [5, 5.41) is 0. The monoisotopic (exact) mass is 256 g/mol. The number of furan rings is 1. The van der Waals surface area contributed by atoms with Crippen LogP contribution >= 0.6 is 0 Å². The summed E-state index contributed by atoms with van der Waals surface area (Å²) in [6.45, 7) is 1.87. The molecule has 0 radical (unpaired) electrons. The predicted octanol–water partition coefficient (Wildman–Crippen LogP) is 2.69. The zero-order chi connectivity index (χ0) is 13.4. The number of carbonyl (C=O) groups excluding carboxylic acids is 1. The maximum absolute atomic E-state index is 11.7. The minimum atomic E-state index is -0.382. The Morgan fingerprint density at radius 2 is 2.21 bits per heavy atom. The lowest BCUT2D eigenvalue weighted by molar-refractivity contribution is 0.0602. The Labute approximate surface area is 109 Å². The van der Waals surface area contributed by atoms with Crippen molar-refractivity contribution in [3.63, 3.8) is 0 Å². The van der Waals surface area contributed by atoms with E-state index in [1.165, 1.54) is 7.11 Å². The molecular formula is C14H12N2O3. The Hall–Kier alpha value is -2.56. The van der Waals surface area contributed by atoms with E-state index >= 15 is 0 Å². The van der Waals surface area contributed by atoms with Gasteiger partial charge in [0.25, 0.3) is 0 Å². The lowest BCUT2D eigenvalue weighted by Gasteiger charge is -2.03. The number of rotatable bonds is 2. The van der Waals surface area contributed by atoms with Gasteiger partial charge in [0.15, 0.2) is 11.6 Å². The summed E-state index contributed by atoms with van der Waals surface area (Å²) in [4.78, 5) is 16.0. The molecule has 3 heterocycles. The van der Waals surface area contributed by atoms with Gasteiger partial charge in [0, 0.05) is 6.20 Å². The van der Waals surface area contributed by atoms with Crippen LogP contribution < -0.4 is 0 Å². The zero-order valence-electron chi connectivity index (χ0n) is 10.6. The number of methoxy groups -OCH3 is 1. The average Bonchev–Trinajstić information content (AvgIpc) is 3.03. The van der Waals surface area contributed by atoms with E-state index in [-0.39, 0.29) is 5.97 Å². The standard InChI is InChI=1S/C14H12N2O3/c1-9-5-6-12(19-9)13-15-8-11-10(14(17)18-2)4-3-7-16(11)13/h3-8H,1-2H3. The first kappa shape index (κ1) is 11.5. The van der Waals surface area contributed by atoms with Gasteiger partial charge in [0.2, 0.25) is 0 Å². The SMILES string of the molecule is COC(=O)c1cccn2c(-c3ccc(C)o3)ncc12. The molecule has 3 aromatic heterocycles. The maximum atomic E-state index is 11.7. The number of pyridine rings is 1. The lowest BCUT2D eigenvalue weighted by Crippen LogP contribution is -2.03. The Morgan fingerprint density at radius 3 is 2.89 bits per heavy atom. The number of ether oxygens (including phenoxy) is 1. The first-order valence-corrected chi connectivity index (χ1v) is 5.82. The number of hydrogen-bond acceptors (Lipinski definition) is 4. The molecule has 19 heavy (non-hydrogen) atoms. The minimum absolute atomic E-state index is 0.382. The van der Waals surface area contributed by atoms with Crippen molar-refractivity contribution in [1.29, 1.82) is 0 Å². The largest absolute Gasteiger partial charge is 0.465 e. The summed E-state index contributed by atoms with van der Waals surface area (Å²) in [6.07, 6.45) is 3.47. The van der Waals surface area contributed by atoms with E-state index in [0.717, 1.165) is 5.76 Å². The summed E-state index contributed by atoms with van der Waals surface area (Å²) < 4.78 is 12.1. The van der Waals surface area contributed by atoms with Crippen LogP contribution in [0.4, 0.5) is 0 Å². The van der Waals surface area contributed by atoms with Crippen LogP contribution in [0.5, 0.6) is 0 Å². The van der Waals surface area contributed by atoms with Gasteiger partial charge in [-0.2, -0.15) is 0 Å². The molecule has 0 aliphatic heterocycles. The number of esters is 1. The highest BCUT2D eigenvalue weighted by atomic mass is 16.5. The fourth-order valence-corrected chi connectivity index (χ4v) is 2.04. The van der Waals surface area contributed by atoms with E-state index in [1.807, 2.05) is 29.7 Å². The summed E-state index contributed by atoms with van der Waals surface area (Å²) in [5.74, 6) is 1.76. The molecule has 3 aromatic rings. The van der Waals surface area contributed by atoms with Crippen LogP contribution in [-0.4, -0.2) is 22.5 Å². The summed E-state index contributed by atoms with van der Waals surface area (Å²) >= 11 is 0. The third-order valence-electron chi connectivity index (χ3n) is 2.94. The number of carbonyl (C=O) groups is 1. The summed E-state index contributed by atoms with van der Waals surface area (Å²) in [6, 6.07) is 7.22. The second kappa shape index (κ2) is 4.28. The Bertz CT molecular complexity index is 755. The van der Waals surface area contributed by atoms with Gasteiger partial charge in [0.05, 0.1) is 24.4 Å². The Kier molecular flexibility index (Phi) is 2.59. The van der Waals surface area contributed by atoms with Crippen LogP contribution in [0.1, 0.15) is 16.1 Å². The molecule has 0 atom stereocenters. The molecule has 0 bridgehead atoms. The predicted molar refractivity (Wildman–Crippen MR) is 69.0 cm³/mol. The molecule has 0 aliphatic carbocycles. The second-order valence-electron chi connectivity index (χ2n) is 4.16. The van der Waals surface area contributed by atoms with Gasteiger partial charge in [-0.1, -0.05) is 0 Å². The fraction of sp³-hybridized carbons (Fsp3) is 0.143. The number of imidazole rings is 1. The third kappa shape index (κ3) is 1.79. The molecule has 5 nitrogen and oxygen atoms in total. The summed E-state index contributed by atoms with van der Waals surface area (Å²) in [5.41, 5.74) is 1.17. The van der Waals surface area contributed by atoms with Gasteiger partial charge in [-0.15, -0.1) is 0 Å². The fourth-order valence-electron chi connectivity index (χ4n) is 2.04. The third-order valence-corrected chi connectivity index (χ3v) is 2.94. The van der Waals surface area contributed by atoms with E-state index < -0.39 is 0 Å². The minimum Gasteiger partial charge on any atom is -0.465 e. The quantitative estimate of drug-likeness (QED) is 0.661. The van der Waals surface area contributed by atoms with Crippen LogP contribution in [-0.2, 0) is 4.74 Å². The van der Waals surface area contributed by atoms with Crippen LogP contribution in [0.15, 0.2) is 41.1 Å². The highest BCUT2D eigenvalue weighted by Gasteiger charge is 2.15. The van der Waals surface area contributed by atoms with E-state index in [9.17, 15) is 4.79 Å². The van der Waals surface area contributed by atoms with Gasteiger partial charge < -0.3 is 9.15 Å². The van der Waals surface area contributed by atoms with Crippen molar-refractivity contribution in [2.45, 2.75) is 6.92 Å². The molecule has 3 rings (SSSR count). The molecule has 0 amide bonds. The molecule has 0 spiro atoms. The zero-order valence-corrected chi connectivity index (χ0v) is 10.6. The first-order valence-electron chi connectivity index (χ1n) is 5.82. The van der Waals surface area contributed by atoms with Gasteiger partial charge in [0.1, 0.15) is 5.76 Å². The molecule has 0 N–H and O–H groups in total. The molecule has 96 valence electrons. The Balaban J connectivity index is 2.22. The number of hydrogen-bond donors (Lipinski definition) is 0. The molecule has 0 fully saturated rings. The molecule has 0 unspecified atom stereocenters. The number of aromatic nitrogens is 2. The van der Waals surface area contributed by atoms with Gasteiger partial charge in [-0.25, -0.2) is 9.78 Å². The molecule has 5 heteroatoms. The van der Waals surface area contributed by atoms with Crippen molar-refractivity contribution in [1.82, 2.24) is 9.38 Å². The number of aryl methyl sites for hydroxylation is 1. The highest BCUT2D eigenvalue weighted by molar-refractivity contribution is 5.97. The lowest BCUT2D eigenvalue weighted by atomic mass is 10.2. The highest BCUT2D eigenvalue weighted by Crippen LogP contribution is 2.23. The van der Waals surface area contributed by atoms with E-state index in [2.05, 4.69) is 4.98 Å². The van der Waals surface area contributed by atoms with Crippen molar-refractivity contribution in [2.24, 2.45) is 0 Å². The van der Waals surface area contributed by atoms with Crippen LogP contribution in [0.2, 0.25) is 0 Å². The molecule has 0 saturated heterocycles. The molecule has 0 aliphatic rings. The maximum Gasteiger partial charge on any atom is 0.340 e. The normalized spacial score (nSPS) is 10.8. The van der Waals surface area contributed by atoms with Crippen molar-refractivity contribution >= 4 is 11.5 Å². The van der Waals surface area contributed by atoms with Gasteiger partial charge >= 0.3 is 5.97 Å². The van der Waals surface area contributed by atoms with Crippen molar-refractivity contribution in [2.75, 3.05) is 7.11 Å². The molecule has 0 saturated carbocycles. The van der Waals surface area contributed by atoms with Crippen LogP contribution in [0.25, 0.3) is 17.1 Å². The van der Waals surface area contributed by atoms with Gasteiger partial charge in [-0.05, 0) is 31.2 Å². The topological polar surface area (TPSA) is 56.7 Å². The van der Waals surface area contributed by atoms with E-state index in [4.69, 9.17) is 9.15 Å².